The number of benzene rings is 1. The number of fused-ring (bicyclic) bond motifs is 1. The third kappa shape index (κ3) is 2.78. The molecule has 1 aromatic carbocycles. The molecule has 1 N–H and O–H groups in total. The predicted octanol–water partition coefficient (Wildman–Crippen LogP) is 2.33. The summed E-state index contributed by atoms with van der Waals surface area (Å²) in [6.07, 6.45) is 2.95. The van der Waals surface area contributed by atoms with Crippen LogP contribution in [-0.4, -0.2) is 47.6 Å². The maximum absolute atomic E-state index is 13.2. The largest absolute Gasteiger partial charge is 0.396 e. The van der Waals surface area contributed by atoms with E-state index in [1.165, 1.54) is 0 Å². The molecule has 1 amide bonds. The third-order valence-corrected chi connectivity index (χ3v) is 6.39. The van der Waals surface area contributed by atoms with Gasteiger partial charge in [0.25, 0.3) is 0 Å². The van der Waals surface area contributed by atoms with Crippen molar-refractivity contribution in [2.24, 2.45) is 11.3 Å². The van der Waals surface area contributed by atoms with E-state index >= 15 is 0 Å². The molecule has 1 aliphatic carbocycles. The lowest BCUT2D eigenvalue weighted by molar-refractivity contribution is -0.210. The lowest BCUT2D eigenvalue weighted by Crippen LogP contribution is -2.51. The van der Waals surface area contributed by atoms with Crippen LogP contribution in [-0.2, 0) is 20.8 Å². The van der Waals surface area contributed by atoms with Gasteiger partial charge >= 0.3 is 0 Å². The number of likely N-dealkylation sites (tertiary alicyclic amines) is 1. The average Bonchev–Trinajstić information content (AvgIpc) is 3.13. The third-order valence-electron chi connectivity index (χ3n) is 6.39. The summed E-state index contributed by atoms with van der Waals surface area (Å²) in [5.41, 5.74) is 0.925. The number of amides is 1. The van der Waals surface area contributed by atoms with Gasteiger partial charge in [-0.3, -0.25) is 4.79 Å². The van der Waals surface area contributed by atoms with Crippen LogP contribution in [0.15, 0.2) is 30.3 Å². The van der Waals surface area contributed by atoms with E-state index in [2.05, 4.69) is 19.1 Å². The van der Waals surface area contributed by atoms with Crippen LogP contribution >= 0.6 is 0 Å². The summed E-state index contributed by atoms with van der Waals surface area (Å²) in [6, 6.07) is 10.3. The Kier molecular flexibility index (Phi) is 4.34. The van der Waals surface area contributed by atoms with Gasteiger partial charge in [0.2, 0.25) is 5.91 Å². The first-order valence-corrected chi connectivity index (χ1v) is 9.31. The van der Waals surface area contributed by atoms with E-state index in [9.17, 15) is 9.90 Å². The van der Waals surface area contributed by atoms with Gasteiger partial charge in [0.15, 0.2) is 5.79 Å². The lowest BCUT2D eigenvalue weighted by atomic mass is 9.64. The van der Waals surface area contributed by atoms with Crippen molar-refractivity contribution in [3.8, 4) is 0 Å². The Balaban J connectivity index is 1.63. The summed E-state index contributed by atoms with van der Waals surface area (Å²) in [6.45, 7) is 4.12. The van der Waals surface area contributed by atoms with Gasteiger partial charge in [-0.1, -0.05) is 37.3 Å². The lowest BCUT2D eigenvalue weighted by Gasteiger charge is -2.47. The SMILES string of the molecule is C[C@]12CC3(CC[C@@H]1N(Cc1ccccc1)C(=O)[C@@H]2CCO)OCCO3. The van der Waals surface area contributed by atoms with E-state index in [0.29, 0.717) is 26.2 Å². The summed E-state index contributed by atoms with van der Waals surface area (Å²) >= 11 is 0. The fourth-order valence-corrected chi connectivity index (χ4v) is 5.27. The van der Waals surface area contributed by atoms with E-state index in [1.54, 1.807) is 0 Å². The highest BCUT2D eigenvalue weighted by atomic mass is 16.7. The number of aliphatic hydroxyl groups excluding tert-OH is 1. The van der Waals surface area contributed by atoms with Crippen molar-refractivity contribution in [2.45, 2.75) is 51.0 Å². The molecule has 25 heavy (non-hydrogen) atoms. The molecule has 3 fully saturated rings. The second-order valence-electron chi connectivity index (χ2n) is 7.86. The number of ether oxygens (including phenoxy) is 2. The number of carbonyl (C=O) groups excluding carboxylic acids is 1. The Labute approximate surface area is 148 Å². The van der Waals surface area contributed by atoms with E-state index in [4.69, 9.17) is 9.47 Å². The first-order valence-electron chi connectivity index (χ1n) is 9.31. The molecule has 2 aliphatic heterocycles. The fraction of sp³-hybridized carbons (Fsp3) is 0.650. The van der Waals surface area contributed by atoms with Crippen LogP contribution in [0.25, 0.3) is 0 Å². The van der Waals surface area contributed by atoms with Gasteiger partial charge in [-0.05, 0) is 18.4 Å². The Morgan fingerprint density at radius 3 is 2.64 bits per heavy atom. The van der Waals surface area contributed by atoms with Crippen LogP contribution in [0.5, 0.6) is 0 Å². The van der Waals surface area contributed by atoms with Gasteiger partial charge in [0.1, 0.15) is 0 Å². The zero-order chi connectivity index (χ0) is 17.5. The second-order valence-corrected chi connectivity index (χ2v) is 7.86. The number of rotatable bonds is 4. The van der Waals surface area contributed by atoms with E-state index in [-0.39, 0.29) is 29.9 Å². The molecule has 2 saturated heterocycles. The molecule has 0 aromatic heterocycles. The normalized spacial score (nSPS) is 33.8. The average molecular weight is 345 g/mol. The zero-order valence-electron chi connectivity index (χ0n) is 14.8. The van der Waals surface area contributed by atoms with Crippen LogP contribution in [0.1, 0.15) is 38.2 Å². The van der Waals surface area contributed by atoms with Gasteiger partial charge in [-0.25, -0.2) is 0 Å². The highest BCUT2D eigenvalue weighted by Crippen LogP contribution is 2.56. The van der Waals surface area contributed by atoms with Crippen LogP contribution in [0.2, 0.25) is 0 Å². The van der Waals surface area contributed by atoms with E-state index in [0.717, 1.165) is 24.8 Å². The minimum absolute atomic E-state index is 0.0343. The maximum Gasteiger partial charge on any atom is 0.226 e. The highest BCUT2D eigenvalue weighted by molar-refractivity contribution is 5.83. The smallest absolute Gasteiger partial charge is 0.226 e. The molecule has 1 saturated carbocycles. The Morgan fingerprint density at radius 1 is 1.24 bits per heavy atom. The molecule has 1 spiro atoms. The number of hydrogen-bond donors (Lipinski definition) is 1. The van der Waals surface area contributed by atoms with Gasteiger partial charge in [0, 0.05) is 43.4 Å². The second kappa shape index (κ2) is 6.38. The summed E-state index contributed by atoms with van der Waals surface area (Å²) < 4.78 is 11.9. The van der Waals surface area contributed by atoms with Gasteiger partial charge in [-0.15, -0.1) is 0 Å². The van der Waals surface area contributed by atoms with Gasteiger partial charge in [0.05, 0.1) is 13.2 Å². The van der Waals surface area contributed by atoms with Crippen molar-refractivity contribution in [1.29, 1.82) is 0 Å². The van der Waals surface area contributed by atoms with Gasteiger partial charge in [-0.2, -0.15) is 0 Å². The molecule has 3 atom stereocenters. The monoisotopic (exact) mass is 345 g/mol. The first-order chi connectivity index (χ1) is 12.1. The Morgan fingerprint density at radius 2 is 1.96 bits per heavy atom. The minimum atomic E-state index is -0.526. The van der Waals surface area contributed by atoms with Gasteiger partial charge < -0.3 is 19.5 Å². The number of hydrogen-bond acceptors (Lipinski definition) is 4. The van der Waals surface area contributed by atoms with Crippen molar-refractivity contribution >= 4 is 5.91 Å². The zero-order valence-corrected chi connectivity index (χ0v) is 14.8. The maximum atomic E-state index is 13.2. The molecule has 5 nitrogen and oxygen atoms in total. The molecule has 0 bridgehead atoms. The fourth-order valence-electron chi connectivity index (χ4n) is 5.27. The molecular weight excluding hydrogens is 318 g/mol. The molecule has 4 rings (SSSR count). The summed E-state index contributed by atoms with van der Waals surface area (Å²) in [5.74, 6) is -0.529. The molecule has 0 radical (unpaired) electrons. The number of nitrogens with zero attached hydrogens (tertiary/aromatic N) is 1. The molecule has 2 heterocycles. The Hall–Kier alpha value is -1.43. The van der Waals surface area contributed by atoms with Crippen molar-refractivity contribution in [3.63, 3.8) is 0 Å². The molecule has 3 aliphatic rings. The highest BCUT2D eigenvalue weighted by Gasteiger charge is 2.62. The summed E-state index contributed by atoms with van der Waals surface area (Å²) in [4.78, 5) is 15.2. The predicted molar refractivity (Wildman–Crippen MR) is 92.6 cm³/mol. The molecule has 5 heteroatoms. The van der Waals surface area contributed by atoms with E-state index < -0.39 is 5.79 Å². The van der Waals surface area contributed by atoms with Crippen molar-refractivity contribution in [2.75, 3.05) is 19.8 Å². The minimum Gasteiger partial charge on any atom is -0.396 e. The number of aliphatic hydroxyl groups is 1. The molecular formula is C20H27NO4. The molecule has 1 aromatic rings. The molecule has 0 unspecified atom stereocenters. The van der Waals surface area contributed by atoms with Crippen molar-refractivity contribution in [3.05, 3.63) is 35.9 Å². The van der Waals surface area contributed by atoms with Crippen LogP contribution in [0.4, 0.5) is 0 Å². The summed E-state index contributed by atoms with van der Waals surface area (Å²) in [7, 11) is 0. The Bertz CT molecular complexity index is 628. The quantitative estimate of drug-likeness (QED) is 0.910. The molecule has 136 valence electrons. The first kappa shape index (κ1) is 17.0. The van der Waals surface area contributed by atoms with Crippen LogP contribution < -0.4 is 0 Å². The topological polar surface area (TPSA) is 59.0 Å². The standard InChI is InChI=1S/C20H27NO4/c1-19-14-20(24-11-12-25-20)9-7-17(19)21(18(23)16(19)8-10-22)13-15-5-3-2-4-6-15/h2-6,16-17,22H,7-14H2,1H3/t16-,17-,19+/m0/s1. The number of carbonyl (C=O) groups is 1. The van der Waals surface area contributed by atoms with Crippen molar-refractivity contribution < 1.29 is 19.4 Å². The van der Waals surface area contributed by atoms with Crippen LogP contribution in [0.3, 0.4) is 0 Å². The summed E-state index contributed by atoms with van der Waals surface area (Å²) in [5, 5.41) is 9.55. The van der Waals surface area contributed by atoms with E-state index in [1.807, 2.05) is 23.1 Å². The van der Waals surface area contributed by atoms with Crippen LogP contribution in [0, 0.1) is 11.3 Å². The van der Waals surface area contributed by atoms with Crippen molar-refractivity contribution in [1.82, 2.24) is 4.90 Å².